The first-order valence-corrected chi connectivity index (χ1v) is 5.04. The summed E-state index contributed by atoms with van der Waals surface area (Å²) < 4.78 is 2.57. The number of thiazole rings is 1. The van der Waals surface area contributed by atoms with E-state index in [0.29, 0.717) is 6.54 Å². The van der Waals surface area contributed by atoms with Gasteiger partial charge in [0.1, 0.15) is 9.34 Å². The highest BCUT2D eigenvalue weighted by molar-refractivity contribution is 7.15. The molecule has 3 nitrogen and oxygen atoms in total. The van der Waals surface area contributed by atoms with Crippen LogP contribution < -0.4 is 0 Å². The average Bonchev–Trinajstić information content (AvgIpc) is 2.62. The molecule has 0 saturated heterocycles. The molecule has 0 saturated carbocycles. The fourth-order valence-electron chi connectivity index (χ4n) is 1.05. The Labute approximate surface area is 85.0 Å². The normalized spacial score (nSPS) is 10.6. The minimum atomic E-state index is 0.700. The van der Waals surface area contributed by atoms with Crippen LogP contribution in [0.5, 0.6) is 0 Å². The Morgan fingerprint density at radius 3 is 3.00 bits per heavy atom. The molecule has 68 valence electrons. The van der Waals surface area contributed by atoms with Crippen molar-refractivity contribution in [3.05, 3.63) is 33.5 Å². The van der Waals surface area contributed by atoms with Gasteiger partial charge in [0.2, 0.25) is 0 Å². The second kappa shape index (κ2) is 3.47. The van der Waals surface area contributed by atoms with Gasteiger partial charge >= 0.3 is 0 Å². The highest BCUT2D eigenvalue weighted by Gasteiger charge is 2.01. The van der Waals surface area contributed by atoms with Gasteiger partial charge in [0.15, 0.2) is 0 Å². The second-order valence-electron chi connectivity index (χ2n) is 2.71. The van der Waals surface area contributed by atoms with Crippen molar-refractivity contribution < 1.29 is 0 Å². The van der Waals surface area contributed by atoms with E-state index in [4.69, 9.17) is 11.6 Å². The Morgan fingerprint density at radius 2 is 2.46 bits per heavy atom. The van der Waals surface area contributed by atoms with Crippen molar-refractivity contribution in [1.82, 2.24) is 14.8 Å². The van der Waals surface area contributed by atoms with Gasteiger partial charge in [-0.25, -0.2) is 4.98 Å². The largest absolute Gasteiger partial charge is 0.266 e. The molecule has 0 radical (unpaired) electrons. The molecule has 0 spiro atoms. The predicted octanol–water partition coefficient (Wildman–Crippen LogP) is 2.35. The molecule has 5 heteroatoms. The number of aromatic nitrogens is 3. The van der Waals surface area contributed by atoms with E-state index in [2.05, 4.69) is 10.1 Å². The summed E-state index contributed by atoms with van der Waals surface area (Å²) in [4.78, 5) is 4.15. The Hall–Kier alpha value is -0.870. The molecule has 0 aliphatic carbocycles. The zero-order chi connectivity index (χ0) is 9.26. The van der Waals surface area contributed by atoms with Gasteiger partial charge in [0, 0.05) is 6.20 Å². The van der Waals surface area contributed by atoms with E-state index in [9.17, 15) is 0 Å². The minimum Gasteiger partial charge on any atom is -0.266 e. The molecule has 0 unspecified atom stereocenters. The van der Waals surface area contributed by atoms with E-state index in [0.717, 1.165) is 15.0 Å². The maximum Gasteiger partial charge on any atom is 0.116 e. The summed E-state index contributed by atoms with van der Waals surface area (Å²) in [6, 6.07) is 1.97. The number of aryl methyl sites for hydroxylation is 1. The molecule has 13 heavy (non-hydrogen) atoms. The number of halogens is 1. The molecule has 0 bridgehead atoms. The predicted molar refractivity (Wildman–Crippen MR) is 53.2 cm³/mol. The van der Waals surface area contributed by atoms with E-state index in [1.165, 1.54) is 11.3 Å². The monoisotopic (exact) mass is 213 g/mol. The van der Waals surface area contributed by atoms with E-state index < -0.39 is 0 Å². The topological polar surface area (TPSA) is 30.7 Å². The lowest BCUT2D eigenvalue weighted by Gasteiger charge is -1.95. The number of nitrogens with zero attached hydrogens (tertiary/aromatic N) is 3. The molecule has 0 aliphatic heterocycles. The van der Waals surface area contributed by atoms with E-state index in [1.807, 2.05) is 23.9 Å². The van der Waals surface area contributed by atoms with Crippen molar-refractivity contribution >= 4 is 22.9 Å². The summed E-state index contributed by atoms with van der Waals surface area (Å²) in [5, 5.41) is 5.24. The third kappa shape index (κ3) is 2.08. The molecule has 0 fully saturated rings. The molecule has 2 heterocycles. The van der Waals surface area contributed by atoms with Gasteiger partial charge in [-0.15, -0.1) is 11.3 Å². The highest BCUT2D eigenvalue weighted by Crippen LogP contribution is 2.18. The molecule has 0 N–H and O–H groups in total. The summed E-state index contributed by atoms with van der Waals surface area (Å²) in [7, 11) is 0. The zero-order valence-electron chi connectivity index (χ0n) is 7.07. The van der Waals surface area contributed by atoms with Crippen molar-refractivity contribution in [2.75, 3.05) is 0 Å². The molecule has 0 aliphatic rings. The Balaban J connectivity index is 2.14. The number of hydrogen-bond acceptors (Lipinski definition) is 3. The molecule has 2 aromatic rings. The van der Waals surface area contributed by atoms with Crippen molar-refractivity contribution in [3.8, 4) is 0 Å². The minimum absolute atomic E-state index is 0.700. The summed E-state index contributed by atoms with van der Waals surface area (Å²) in [5.74, 6) is 0. The van der Waals surface area contributed by atoms with Crippen LogP contribution in [0.4, 0.5) is 0 Å². The lowest BCUT2D eigenvalue weighted by Crippen LogP contribution is -1.99. The summed E-state index contributed by atoms with van der Waals surface area (Å²) in [6.07, 6.45) is 3.60. The van der Waals surface area contributed by atoms with Crippen molar-refractivity contribution in [2.45, 2.75) is 13.5 Å². The van der Waals surface area contributed by atoms with E-state index >= 15 is 0 Å². The van der Waals surface area contributed by atoms with Gasteiger partial charge in [0.05, 0.1) is 18.4 Å². The van der Waals surface area contributed by atoms with Gasteiger partial charge in [0.25, 0.3) is 0 Å². The van der Waals surface area contributed by atoms with Crippen LogP contribution >= 0.6 is 22.9 Å². The molecule has 0 atom stereocenters. The van der Waals surface area contributed by atoms with Crippen LogP contribution in [0.2, 0.25) is 4.34 Å². The van der Waals surface area contributed by atoms with Crippen LogP contribution in [0.25, 0.3) is 0 Å². The van der Waals surface area contributed by atoms with Crippen LogP contribution in [0.15, 0.2) is 18.5 Å². The van der Waals surface area contributed by atoms with Gasteiger partial charge in [-0.05, 0) is 13.0 Å². The zero-order valence-corrected chi connectivity index (χ0v) is 8.64. The Bertz CT molecular complexity index is 369. The standard InChI is InChI=1S/C8H8ClN3S/c1-6-2-3-12(11-6)5-8-10-4-7(9)13-8/h2-4H,5H2,1H3. The fourth-order valence-corrected chi connectivity index (χ4v) is 2.00. The molecule has 0 amide bonds. The van der Waals surface area contributed by atoms with Gasteiger partial charge in [-0.1, -0.05) is 11.6 Å². The van der Waals surface area contributed by atoms with Crippen molar-refractivity contribution in [2.24, 2.45) is 0 Å². The van der Waals surface area contributed by atoms with E-state index in [1.54, 1.807) is 6.20 Å². The first-order valence-electron chi connectivity index (χ1n) is 3.84. The van der Waals surface area contributed by atoms with E-state index in [-0.39, 0.29) is 0 Å². The molecular formula is C8H8ClN3S. The van der Waals surface area contributed by atoms with Crippen LogP contribution in [-0.2, 0) is 6.54 Å². The van der Waals surface area contributed by atoms with Gasteiger partial charge < -0.3 is 0 Å². The van der Waals surface area contributed by atoms with Crippen molar-refractivity contribution in [3.63, 3.8) is 0 Å². The summed E-state index contributed by atoms with van der Waals surface area (Å²) in [5.41, 5.74) is 1.02. The SMILES string of the molecule is Cc1ccn(Cc2ncc(Cl)s2)n1. The van der Waals surface area contributed by atoms with Crippen molar-refractivity contribution in [1.29, 1.82) is 0 Å². The smallest absolute Gasteiger partial charge is 0.116 e. The quantitative estimate of drug-likeness (QED) is 0.767. The van der Waals surface area contributed by atoms with Crippen LogP contribution in [-0.4, -0.2) is 14.8 Å². The first-order chi connectivity index (χ1) is 6.24. The number of rotatable bonds is 2. The Kier molecular flexibility index (Phi) is 2.33. The third-order valence-electron chi connectivity index (χ3n) is 1.60. The maximum absolute atomic E-state index is 5.76. The Morgan fingerprint density at radius 1 is 1.62 bits per heavy atom. The second-order valence-corrected chi connectivity index (χ2v) is 4.46. The number of hydrogen-bond donors (Lipinski definition) is 0. The highest BCUT2D eigenvalue weighted by atomic mass is 35.5. The lowest BCUT2D eigenvalue weighted by atomic mass is 10.5. The maximum atomic E-state index is 5.76. The lowest BCUT2D eigenvalue weighted by molar-refractivity contribution is 0.676. The summed E-state index contributed by atoms with van der Waals surface area (Å²) >= 11 is 7.24. The molecule has 2 aromatic heterocycles. The average molecular weight is 214 g/mol. The van der Waals surface area contributed by atoms with Crippen LogP contribution in [0.3, 0.4) is 0 Å². The fraction of sp³-hybridized carbons (Fsp3) is 0.250. The molecule has 2 rings (SSSR count). The van der Waals surface area contributed by atoms with Crippen LogP contribution in [0.1, 0.15) is 10.7 Å². The molecule has 0 aromatic carbocycles. The first kappa shape index (κ1) is 8.72. The third-order valence-corrected chi connectivity index (χ3v) is 2.70. The molecular weight excluding hydrogens is 206 g/mol. The van der Waals surface area contributed by atoms with Crippen LogP contribution in [0, 0.1) is 6.92 Å². The van der Waals surface area contributed by atoms with Gasteiger partial charge in [-0.3, -0.25) is 4.68 Å². The summed E-state index contributed by atoms with van der Waals surface area (Å²) in [6.45, 7) is 2.66. The van der Waals surface area contributed by atoms with Gasteiger partial charge in [-0.2, -0.15) is 5.10 Å².